The Balaban J connectivity index is 2.00. The maximum Gasteiger partial charge on any atom is 0.127 e. The molecular weight excluding hydrogens is 226 g/mol. The molecular formula is C15H27NO2. The van der Waals surface area contributed by atoms with Gasteiger partial charge in [-0.2, -0.15) is 0 Å². The minimum atomic E-state index is -0.124. The lowest BCUT2D eigenvalue weighted by molar-refractivity contribution is -0.119. The standard InChI is InChI=1S/C15H27NO2/c17-11-14-7-3-6-10-16(14)12-15(13-18)8-4-1-2-5-9-15/h13-14,17H,1-12H2. The summed E-state index contributed by atoms with van der Waals surface area (Å²) in [4.78, 5) is 14.0. The Labute approximate surface area is 111 Å². The van der Waals surface area contributed by atoms with E-state index in [1.807, 2.05) is 0 Å². The van der Waals surface area contributed by atoms with Crippen LogP contribution in [0.15, 0.2) is 0 Å². The van der Waals surface area contributed by atoms with Crippen molar-refractivity contribution in [2.75, 3.05) is 19.7 Å². The van der Waals surface area contributed by atoms with E-state index < -0.39 is 0 Å². The highest BCUT2D eigenvalue weighted by molar-refractivity contribution is 5.59. The first kappa shape index (κ1) is 14.0. The molecule has 0 aromatic rings. The summed E-state index contributed by atoms with van der Waals surface area (Å²) in [6.45, 7) is 2.18. The zero-order valence-electron chi connectivity index (χ0n) is 11.4. The molecule has 104 valence electrons. The van der Waals surface area contributed by atoms with Crippen LogP contribution in [-0.2, 0) is 4.79 Å². The number of nitrogens with zero attached hydrogens (tertiary/aromatic N) is 1. The van der Waals surface area contributed by atoms with Crippen molar-refractivity contribution in [3.05, 3.63) is 0 Å². The molecule has 1 aliphatic heterocycles. The third-order valence-corrected chi connectivity index (χ3v) is 4.83. The van der Waals surface area contributed by atoms with Gasteiger partial charge in [-0.25, -0.2) is 0 Å². The van der Waals surface area contributed by atoms with Gasteiger partial charge >= 0.3 is 0 Å². The van der Waals surface area contributed by atoms with Gasteiger partial charge in [-0.3, -0.25) is 4.90 Å². The van der Waals surface area contributed by atoms with Crippen molar-refractivity contribution in [3.63, 3.8) is 0 Å². The number of aldehydes is 1. The van der Waals surface area contributed by atoms with Crippen LogP contribution in [0, 0.1) is 5.41 Å². The van der Waals surface area contributed by atoms with Crippen LogP contribution in [0.3, 0.4) is 0 Å². The monoisotopic (exact) mass is 253 g/mol. The Kier molecular flexibility index (Phi) is 5.19. The summed E-state index contributed by atoms with van der Waals surface area (Å²) >= 11 is 0. The molecule has 0 amide bonds. The number of carbonyl (C=O) groups excluding carboxylic acids is 1. The molecule has 18 heavy (non-hydrogen) atoms. The number of hydrogen-bond acceptors (Lipinski definition) is 3. The minimum absolute atomic E-state index is 0.124. The number of carbonyl (C=O) groups is 1. The van der Waals surface area contributed by atoms with E-state index in [-0.39, 0.29) is 12.0 Å². The predicted octanol–water partition coefficient (Wildman–Crippen LogP) is 2.37. The van der Waals surface area contributed by atoms with Gasteiger partial charge < -0.3 is 9.90 Å². The molecule has 1 heterocycles. The summed E-state index contributed by atoms with van der Waals surface area (Å²) in [6.07, 6.45) is 11.8. The first-order chi connectivity index (χ1) is 8.79. The Morgan fingerprint density at radius 2 is 1.83 bits per heavy atom. The zero-order valence-corrected chi connectivity index (χ0v) is 11.4. The fraction of sp³-hybridized carbons (Fsp3) is 0.933. The number of likely N-dealkylation sites (tertiary alicyclic amines) is 1. The summed E-state index contributed by atoms with van der Waals surface area (Å²) in [5.41, 5.74) is -0.124. The Morgan fingerprint density at radius 1 is 1.11 bits per heavy atom. The van der Waals surface area contributed by atoms with E-state index >= 15 is 0 Å². The van der Waals surface area contributed by atoms with Gasteiger partial charge in [0.2, 0.25) is 0 Å². The highest BCUT2D eigenvalue weighted by atomic mass is 16.3. The van der Waals surface area contributed by atoms with Crippen molar-refractivity contribution in [2.24, 2.45) is 5.41 Å². The van der Waals surface area contributed by atoms with Gasteiger partial charge in [-0.1, -0.05) is 32.1 Å². The van der Waals surface area contributed by atoms with Crippen molar-refractivity contribution in [3.8, 4) is 0 Å². The molecule has 0 radical (unpaired) electrons. The minimum Gasteiger partial charge on any atom is -0.395 e. The quantitative estimate of drug-likeness (QED) is 0.617. The molecule has 3 nitrogen and oxygen atoms in total. The van der Waals surface area contributed by atoms with E-state index in [1.54, 1.807) is 0 Å². The van der Waals surface area contributed by atoms with Crippen molar-refractivity contribution in [1.82, 2.24) is 4.90 Å². The highest BCUT2D eigenvalue weighted by Gasteiger charge is 2.35. The molecule has 1 saturated carbocycles. The van der Waals surface area contributed by atoms with Crippen LogP contribution < -0.4 is 0 Å². The second-order valence-corrected chi connectivity index (χ2v) is 6.20. The normalized spacial score (nSPS) is 29.7. The molecule has 1 aliphatic carbocycles. The van der Waals surface area contributed by atoms with E-state index in [9.17, 15) is 9.90 Å². The van der Waals surface area contributed by atoms with E-state index in [1.165, 1.54) is 44.8 Å². The fourth-order valence-electron chi connectivity index (χ4n) is 3.63. The first-order valence-corrected chi connectivity index (χ1v) is 7.61. The third-order valence-electron chi connectivity index (χ3n) is 4.83. The number of hydrogen-bond donors (Lipinski definition) is 1. The average molecular weight is 253 g/mol. The maximum absolute atomic E-state index is 11.6. The molecule has 2 rings (SSSR count). The van der Waals surface area contributed by atoms with Crippen LogP contribution in [0.25, 0.3) is 0 Å². The van der Waals surface area contributed by atoms with Gasteiger partial charge in [0.15, 0.2) is 0 Å². The molecule has 2 fully saturated rings. The molecule has 0 aromatic carbocycles. The Morgan fingerprint density at radius 3 is 2.44 bits per heavy atom. The zero-order chi connectivity index (χ0) is 12.8. The topological polar surface area (TPSA) is 40.5 Å². The van der Waals surface area contributed by atoms with Gasteiger partial charge in [-0.05, 0) is 32.2 Å². The maximum atomic E-state index is 11.6. The van der Waals surface area contributed by atoms with Crippen molar-refractivity contribution >= 4 is 6.29 Å². The van der Waals surface area contributed by atoms with E-state index in [4.69, 9.17) is 0 Å². The van der Waals surface area contributed by atoms with Gasteiger partial charge in [-0.15, -0.1) is 0 Å². The molecule has 1 saturated heterocycles. The molecule has 1 N–H and O–H groups in total. The third kappa shape index (κ3) is 3.33. The van der Waals surface area contributed by atoms with Crippen LogP contribution in [0.1, 0.15) is 57.8 Å². The number of piperidine rings is 1. The molecule has 0 spiro atoms. The molecule has 0 bridgehead atoms. The second kappa shape index (κ2) is 6.67. The van der Waals surface area contributed by atoms with Crippen LogP contribution in [0.5, 0.6) is 0 Å². The van der Waals surface area contributed by atoms with Crippen LogP contribution in [0.4, 0.5) is 0 Å². The molecule has 2 aliphatic rings. The lowest BCUT2D eigenvalue weighted by atomic mass is 9.80. The molecule has 3 heteroatoms. The Hall–Kier alpha value is -0.410. The fourth-order valence-corrected chi connectivity index (χ4v) is 3.63. The Bertz CT molecular complexity index is 259. The van der Waals surface area contributed by atoms with E-state index in [0.29, 0.717) is 6.04 Å². The largest absolute Gasteiger partial charge is 0.395 e. The van der Waals surface area contributed by atoms with Crippen LogP contribution in [-0.4, -0.2) is 42.0 Å². The van der Waals surface area contributed by atoms with Crippen molar-refractivity contribution in [1.29, 1.82) is 0 Å². The lowest BCUT2D eigenvalue weighted by Crippen LogP contribution is -2.48. The smallest absolute Gasteiger partial charge is 0.127 e. The van der Waals surface area contributed by atoms with Crippen molar-refractivity contribution in [2.45, 2.75) is 63.8 Å². The van der Waals surface area contributed by atoms with Gasteiger partial charge in [0.25, 0.3) is 0 Å². The van der Waals surface area contributed by atoms with Gasteiger partial charge in [0, 0.05) is 18.0 Å². The number of rotatable bonds is 4. The summed E-state index contributed by atoms with van der Waals surface area (Å²) < 4.78 is 0. The number of aliphatic hydroxyl groups is 1. The van der Waals surface area contributed by atoms with Crippen LogP contribution in [0.2, 0.25) is 0 Å². The highest BCUT2D eigenvalue weighted by Crippen LogP contribution is 2.35. The van der Waals surface area contributed by atoms with E-state index in [2.05, 4.69) is 4.90 Å². The second-order valence-electron chi connectivity index (χ2n) is 6.20. The average Bonchev–Trinajstić information content (AvgIpc) is 2.66. The summed E-state index contributed by atoms with van der Waals surface area (Å²) in [5, 5.41) is 9.47. The first-order valence-electron chi connectivity index (χ1n) is 7.61. The van der Waals surface area contributed by atoms with Crippen molar-refractivity contribution < 1.29 is 9.90 Å². The summed E-state index contributed by atoms with van der Waals surface area (Å²) in [7, 11) is 0. The number of aliphatic hydroxyl groups excluding tert-OH is 1. The van der Waals surface area contributed by atoms with Gasteiger partial charge in [0.05, 0.1) is 6.61 Å². The summed E-state index contributed by atoms with van der Waals surface area (Å²) in [5.74, 6) is 0. The SMILES string of the molecule is O=CC1(CN2CCCCC2CO)CCCCCC1. The van der Waals surface area contributed by atoms with Gasteiger partial charge in [0.1, 0.15) is 6.29 Å². The lowest BCUT2D eigenvalue weighted by Gasteiger charge is -2.40. The molecule has 1 atom stereocenters. The summed E-state index contributed by atoms with van der Waals surface area (Å²) in [6, 6.07) is 0.291. The van der Waals surface area contributed by atoms with Crippen LogP contribution >= 0.6 is 0 Å². The predicted molar refractivity (Wildman–Crippen MR) is 72.5 cm³/mol. The molecule has 1 unspecified atom stereocenters. The van der Waals surface area contributed by atoms with E-state index in [0.717, 1.165) is 32.4 Å². The molecule has 0 aromatic heterocycles.